The Morgan fingerprint density at radius 1 is 1.67 bits per heavy atom. The van der Waals surface area contributed by atoms with E-state index >= 15 is 0 Å². The van der Waals surface area contributed by atoms with Crippen molar-refractivity contribution in [3.05, 3.63) is 40.7 Å². The fourth-order valence-electron chi connectivity index (χ4n) is 1.47. The molecule has 1 amide bonds. The van der Waals surface area contributed by atoms with Gasteiger partial charge in [-0.05, 0) is 25.1 Å². The summed E-state index contributed by atoms with van der Waals surface area (Å²) < 4.78 is 12.9. The summed E-state index contributed by atoms with van der Waals surface area (Å²) in [5, 5.41) is 17.8. The molecule has 0 atom stereocenters. The van der Waals surface area contributed by atoms with Gasteiger partial charge in [0.25, 0.3) is 0 Å². The molecule has 0 saturated heterocycles. The summed E-state index contributed by atoms with van der Waals surface area (Å²) in [7, 11) is 0. The second-order valence-electron chi connectivity index (χ2n) is 3.31. The van der Waals surface area contributed by atoms with E-state index in [0.717, 1.165) is 23.1 Å². The van der Waals surface area contributed by atoms with E-state index in [-0.39, 0.29) is 17.3 Å². The largest absolute Gasteiger partial charge is 0.465 e. The number of carbonyl (C=O) groups is 1. The Labute approximate surface area is 109 Å². The first kappa shape index (κ1) is 14.0. The fourth-order valence-corrected chi connectivity index (χ4v) is 1.73. The number of amides is 1. The van der Waals surface area contributed by atoms with Crippen molar-refractivity contribution in [2.24, 2.45) is 0 Å². The zero-order valence-electron chi connectivity index (χ0n) is 9.52. The van der Waals surface area contributed by atoms with E-state index in [0.29, 0.717) is 5.56 Å². The van der Waals surface area contributed by atoms with Gasteiger partial charge in [-0.25, -0.2) is 9.18 Å². The van der Waals surface area contributed by atoms with E-state index in [1.165, 1.54) is 6.07 Å². The molecule has 0 spiro atoms. The molecule has 0 fully saturated rings. The van der Waals surface area contributed by atoms with Crippen LogP contribution in [0.1, 0.15) is 12.5 Å². The topological polar surface area (TPSA) is 64.3 Å². The Bertz CT molecular complexity index is 537. The van der Waals surface area contributed by atoms with Crippen LogP contribution >= 0.6 is 11.6 Å². The highest BCUT2D eigenvalue weighted by Gasteiger charge is 2.19. The number of carboxylic acid groups (broad SMARTS) is 1. The molecule has 0 saturated carbocycles. The number of nitrogens with zero attached hydrogens (tertiary/aromatic N) is 2. The summed E-state index contributed by atoms with van der Waals surface area (Å²) in [4.78, 5) is 12.0. The van der Waals surface area contributed by atoms with E-state index in [9.17, 15) is 9.18 Å². The summed E-state index contributed by atoms with van der Waals surface area (Å²) in [6.45, 7) is 1.77. The van der Waals surface area contributed by atoms with E-state index in [1.54, 1.807) is 13.0 Å². The van der Waals surface area contributed by atoms with Crippen LogP contribution in [-0.4, -0.2) is 22.6 Å². The molecule has 0 aliphatic rings. The Kier molecular flexibility index (Phi) is 4.69. The molecule has 0 unspecified atom stereocenters. The molecule has 6 heteroatoms. The lowest BCUT2D eigenvalue weighted by Crippen LogP contribution is -2.27. The summed E-state index contributed by atoms with van der Waals surface area (Å²) in [5.74, 6) is -0.529. The van der Waals surface area contributed by atoms with Gasteiger partial charge in [0.1, 0.15) is 5.82 Å². The van der Waals surface area contributed by atoms with Crippen LogP contribution in [0, 0.1) is 17.1 Å². The maximum Gasteiger partial charge on any atom is 0.411 e. The second-order valence-corrected chi connectivity index (χ2v) is 3.72. The van der Waals surface area contributed by atoms with Gasteiger partial charge in [0, 0.05) is 18.2 Å². The average molecular weight is 269 g/mol. The molecule has 4 nitrogen and oxygen atoms in total. The van der Waals surface area contributed by atoms with Gasteiger partial charge in [-0.15, -0.1) is 0 Å². The molecule has 0 radical (unpaired) electrons. The molecule has 0 aliphatic carbocycles. The zero-order chi connectivity index (χ0) is 13.7. The molecule has 1 aromatic rings. The van der Waals surface area contributed by atoms with Crippen molar-refractivity contribution >= 4 is 23.4 Å². The number of hydrogen-bond donors (Lipinski definition) is 1. The highest BCUT2D eigenvalue weighted by atomic mass is 35.5. The Morgan fingerprint density at radius 2 is 2.33 bits per heavy atom. The third kappa shape index (κ3) is 2.99. The molecular formula is C12H10ClFN2O2. The predicted molar refractivity (Wildman–Crippen MR) is 65.4 cm³/mol. The summed E-state index contributed by atoms with van der Waals surface area (Å²) in [5.41, 5.74) is 0.418. The average Bonchev–Trinajstić information content (AvgIpc) is 2.28. The van der Waals surface area contributed by atoms with Gasteiger partial charge in [-0.2, -0.15) is 5.26 Å². The van der Waals surface area contributed by atoms with Crippen molar-refractivity contribution in [1.82, 2.24) is 4.90 Å². The SMILES string of the molecule is CCN(C(=O)O)/C(=C/C#N)c1ccc(F)cc1Cl. The first-order valence-corrected chi connectivity index (χ1v) is 5.44. The van der Waals surface area contributed by atoms with Crippen LogP contribution in [0.15, 0.2) is 24.3 Å². The maximum atomic E-state index is 12.9. The Hall–Kier alpha value is -2.06. The first-order valence-electron chi connectivity index (χ1n) is 5.07. The van der Waals surface area contributed by atoms with Gasteiger partial charge in [0.05, 0.1) is 16.8 Å². The van der Waals surface area contributed by atoms with Crippen LogP contribution < -0.4 is 0 Å². The molecule has 0 bridgehead atoms. The highest BCUT2D eigenvalue weighted by molar-refractivity contribution is 6.32. The van der Waals surface area contributed by atoms with Crippen molar-refractivity contribution in [1.29, 1.82) is 5.26 Å². The third-order valence-electron chi connectivity index (χ3n) is 2.25. The van der Waals surface area contributed by atoms with E-state index in [1.807, 2.05) is 0 Å². The smallest absolute Gasteiger partial charge is 0.411 e. The zero-order valence-corrected chi connectivity index (χ0v) is 10.3. The van der Waals surface area contributed by atoms with Crippen molar-refractivity contribution in [3.63, 3.8) is 0 Å². The number of benzene rings is 1. The Morgan fingerprint density at radius 3 is 2.78 bits per heavy atom. The maximum absolute atomic E-state index is 12.9. The highest BCUT2D eigenvalue weighted by Crippen LogP contribution is 2.27. The fraction of sp³-hybridized carbons (Fsp3) is 0.167. The monoisotopic (exact) mass is 268 g/mol. The molecule has 1 N–H and O–H groups in total. The molecule has 1 aromatic carbocycles. The lowest BCUT2D eigenvalue weighted by molar-refractivity contribution is 0.168. The molecule has 0 aliphatic heterocycles. The molecule has 0 aromatic heterocycles. The van der Waals surface area contributed by atoms with Crippen LogP contribution in [-0.2, 0) is 0 Å². The molecule has 94 valence electrons. The summed E-state index contributed by atoms with van der Waals surface area (Å²) in [6.07, 6.45) is -0.143. The van der Waals surface area contributed by atoms with Gasteiger partial charge < -0.3 is 5.11 Å². The molecule has 1 rings (SSSR count). The van der Waals surface area contributed by atoms with Crippen molar-refractivity contribution in [3.8, 4) is 6.07 Å². The third-order valence-corrected chi connectivity index (χ3v) is 2.56. The lowest BCUT2D eigenvalue weighted by atomic mass is 10.1. The number of hydrogen-bond acceptors (Lipinski definition) is 2. The van der Waals surface area contributed by atoms with Crippen molar-refractivity contribution in [2.75, 3.05) is 6.54 Å². The first-order chi connectivity index (χ1) is 8.51. The lowest BCUT2D eigenvalue weighted by Gasteiger charge is -2.20. The van der Waals surface area contributed by atoms with E-state index in [4.69, 9.17) is 22.0 Å². The normalized spacial score (nSPS) is 10.9. The minimum Gasteiger partial charge on any atom is -0.465 e. The van der Waals surface area contributed by atoms with Crippen LogP contribution in [0.4, 0.5) is 9.18 Å². The van der Waals surface area contributed by atoms with Gasteiger partial charge in [-0.3, -0.25) is 4.90 Å². The van der Waals surface area contributed by atoms with Crippen molar-refractivity contribution < 1.29 is 14.3 Å². The second kappa shape index (κ2) is 6.03. The Balaban J connectivity index is 3.34. The van der Waals surface area contributed by atoms with Crippen LogP contribution in [0.5, 0.6) is 0 Å². The number of nitriles is 1. The standard InChI is InChI=1S/C12H10ClFN2O2/c1-2-16(12(17)18)11(5-6-15)9-4-3-8(14)7-10(9)13/h3-5,7H,2H2,1H3,(H,17,18)/b11-5+. The summed E-state index contributed by atoms with van der Waals surface area (Å²) >= 11 is 5.86. The minimum atomic E-state index is -1.21. The number of allylic oxidation sites excluding steroid dienone is 1. The van der Waals surface area contributed by atoms with E-state index in [2.05, 4.69) is 0 Å². The van der Waals surface area contributed by atoms with E-state index < -0.39 is 11.9 Å². The van der Waals surface area contributed by atoms with Crippen LogP contribution in [0.2, 0.25) is 5.02 Å². The molecule has 0 heterocycles. The minimum absolute atomic E-state index is 0.0520. The number of rotatable bonds is 3. The predicted octanol–water partition coefficient (Wildman–Crippen LogP) is 3.34. The van der Waals surface area contributed by atoms with Crippen LogP contribution in [0.25, 0.3) is 5.70 Å². The quantitative estimate of drug-likeness (QED) is 0.855. The summed E-state index contributed by atoms with van der Waals surface area (Å²) in [6, 6.07) is 5.32. The molecule has 18 heavy (non-hydrogen) atoms. The van der Waals surface area contributed by atoms with Gasteiger partial charge in [0.2, 0.25) is 0 Å². The molecular weight excluding hydrogens is 259 g/mol. The van der Waals surface area contributed by atoms with Gasteiger partial charge >= 0.3 is 6.09 Å². The van der Waals surface area contributed by atoms with Gasteiger partial charge in [-0.1, -0.05) is 11.6 Å². The van der Waals surface area contributed by atoms with Gasteiger partial charge in [0.15, 0.2) is 0 Å². The van der Waals surface area contributed by atoms with Crippen LogP contribution in [0.3, 0.4) is 0 Å². The van der Waals surface area contributed by atoms with Crippen molar-refractivity contribution in [2.45, 2.75) is 6.92 Å². The number of halogens is 2.